The van der Waals surface area contributed by atoms with E-state index in [1.807, 2.05) is 17.7 Å². The highest BCUT2D eigenvalue weighted by Gasteiger charge is 2.10. The van der Waals surface area contributed by atoms with Gasteiger partial charge in [-0.1, -0.05) is 0 Å². The third-order valence-corrected chi connectivity index (χ3v) is 3.38. The van der Waals surface area contributed by atoms with Crippen molar-refractivity contribution < 1.29 is 4.39 Å². The van der Waals surface area contributed by atoms with E-state index in [9.17, 15) is 4.39 Å². The molecule has 0 atom stereocenters. The molecule has 4 aromatic rings. The lowest BCUT2D eigenvalue weighted by Gasteiger charge is -2.01. The SMILES string of the molecule is Cn1cncc1-c1cc2c(cn1)[nH]c1ncc(F)cc12. The molecule has 5 nitrogen and oxygen atoms in total. The Hall–Kier alpha value is -2.76. The van der Waals surface area contributed by atoms with E-state index in [1.165, 1.54) is 12.3 Å². The molecule has 0 fully saturated rings. The number of nitrogens with zero attached hydrogens (tertiary/aromatic N) is 4. The minimum atomic E-state index is -0.350. The Labute approximate surface area is 113 Å². The van der Waals surface area contributed by atoms with E-state index in [1.54, 1.807) is 18.7 Å². The monoisotopic (exact) mass is 267 g/mol. The van der Waals surface area contributed by atoms with Crippen LogP contribution in [-0.2, 0) is 7.05 Å². The number of nitrogens with one attached hydrogen (secondary N) is 1. The number of halogens is 1. The molecule has 6 heteroatoms. The Morgan fingerprint density at radius 1 is 1.10 bits per heavy atom. The molecule has 0 saturated carbocycles. The number of aromatic amines is 1. The van der Waals surface area contributed by atoms with Crippen molar-refractivity contribution in [2.45, 2.75) is 0 Å². The van der Waals surface area contributed by atoms with Crippen LogP contribution in [0.1, 0.15) is 0 Å². The van der Waals surface area contributed by atoms with Crippen LogP contribution in [0.5, 0.6) is 0 Å². The number of aryl methyl sites for hydroxylation is 1. The summed E-state index contributed by atoms with van der Waals surface area (Å²) in [6, 6.07) is 3.40. The van der Waals surface area contributed by atoms with Crippen LogP contribution in [0.25, 0.3) is 33.3 Å². The number of aromatic nitrogens is 5. The Morgan fingerprint density at radius 3 is 2.80 bits per heavy atom. The normalized spacial score (nSPS) is 11.5. The maximum absolute atomic E-state index is 13.4. The lowest BCUT2D eigenvalue weighted by atomic mass is 10.2. The van der Waals surface area contributed by atoms with Crippen LogP contribution < -0.4 is 0 Å². The molecule has 1 N–H and O–H groups in total. The highest BCUT2D eigenvalue weighted by Crippen LogP contribution is 2.27. The minimum Gasteiger partial charge on any atom is -0.338 e. The predicted molar refractivity (Wildman–Crippen MR) is 73.6 cm³/mol. The average molecular weight is 267 g/mol. The summed E-state index contributed by atoms with van der Waals surface area (Å²) in [5, 5.41) is 1.66. The molecular formula is C14H10FN5. The Bertz CT molecular complexity index is 937. The number of hydrogen-bond donors (Lipinski definition) is 1. The van der Waals surface area contributed by atoms with Gasteiger partial charge >= 0.3 is 0 Å². The maximum atomic E-state index is 13.4. The average Bonchev–Trinajstić information content (AvgIpc) is 3.01. The van der Waals surface area contributed by atoms with Gasteiger partial charge in [0.05, 0.1) is 41.8 Å². The number of imidazole rings is 1. The van der Waals surface area contributed by atoms with E-state index < -0.39 is 0 Å². The molecule has 4 heterocycles. The summed E-state index contributed by atoms with van der Waals surface area (Å²) >= 11 is 0. The molecule has 0 radical (unpaired) electrons. The molecule has 0 amide bonds. The van der Waals surface area contributed by atoms with Crippen molar-refractivity contribution in [2.24, 2.45) is 7.05 Å². The van der Waals surface area contributed by atoms with Gasteiger partial charge < -0.3 is 9.55 Å². The van der Waals surface area contributed by atoms with Crippen LogP contribution in [0.4, 0.5) is 4.39 Å². The van der Waals surface area contributed by atoms with Gasteiger partial charge in [-0.25, -0.2) is 14.4 Å². The zero-order valence-corrected chi connectivity index (χ0v) is 10.6. The summed E-state index contributed by atoms with van der Waals surface area (Å²) < 4.78 is 15.3. The molecule has 4 rings (SSSR count). The molecule has 0 unspecified atom stereocenters. The number of hydrogen-bond acceptors (Lipinski definition) is 3. The molecule has 0 aliphatic heterocycles. The second kappa shape index (κ2) is 3.86. The maximum Gasteiger partial charge on any atom is 0.142 e. The summed E-state index contributed by atoms with van der Waals surface area (Å²) in [7, 11) is 1.91. The third kappa shape index (κ3) is 1.51. The number of rotatable bonds is 1. The van der Waals surface area contributed by atoms with Gasteiger partial charge in [0.25, 0.3) is 0 Å². The topological polar surface area (TPSA) is 59.4 Å². The molecule has 0 bridgehead atoms. The summed E-state index contributed by atoms with van der Waals surface area (Å²) in [5.74, 6) is -0.350. The van der Waals surface area contributed by atoms with E-state index in [0.717, 1.165) is 27.7 Å². The van der Waals surface area contributed by atoms with Crippen molar-refractivity contribution in [2.75, 3.05) is 0 Å². The lowest BCUT2D eigenvalue weighted by Crippen LogP contribution is -1.91. The van der Waals surface area contributed by atoms with Crippen LogP contribution >= 0.6 is 0 Å². The Morgan fingerprint density at radius 2 is 2.00 bits per heavy atom. The standard InChI is InChI=1S/C14H10FN5/c1-20-7-16-6-13(20)11-3-9-10-2-8(15)4-18-14(10)19-12(9)5-17-11/h2-7H,1H3,(H,18,19). The van der Waals surface area contributed by atoms with Gasteiger partial charge in [-0.2, -0.15) is 0 Å². The molecule has 0 aliphatic carbocycles. The van der Waals surface area contributed by atoms with Gasteiger partial charge in [0.2, 0.25) is 0 Å². The van der Waals surface area contributed by atoms with Crippen molar-refractivity contribution in [3.63, 3.8) is 0 Å². The first-order chi connectivity index (χ1) is 9.72. The van der Waals surface area contributed by atoms with Crippen molar-refractivity contribution in [1.29, 1.82) is 0 Å². The van der Waals surface area contributed by atoms with E-state index in [4.69, 9.17) is 0 Å². The van der Waals surface area contributed by atoms with Crippen LogP contribution in [-0.4, -0.2) is 24.5 Å². The minimum absolute atomic E-state index is 0.350. The fourth-order valence-corrected chi connectivity index (χ4v) is 2.39. The zero-order valence-electron chi connectivity index (χ0n) is 10.6. The molecule has 0 aromatic carbocycles. The van der Waals surface area contributed by atoms with Gasteiger partial charge in [-0.15, -0.1) is 0 Å². The second-order valence-corrected chi connectivity index (χ2v) is 4.68. The predicted octanol–water partition coefficient (Wildman–Crippen LogP) is 2.65. The quantitative estimate of drug-likeness (QED) is 0.576. The van der Waals surface area contributed by atoms with Crippen LogP contribution in [0.15, 0.2) is 37.1 Å². The fourth-order valence-electron chi connectivity index (χ4n) is 2.39. The summed E-state index contributed by atoms with van der Waals surface area (Å²) in [6.45, 7) is 0. The molecule has 0 saturated heterocycles. The van der Waals surface area contributed by atoms with E-state index >= 15 is 0 Å². The first-order valence-corrected chi connectivity index (χ1v) is 6.12. The highest BCUT2D eigenvalue weighted by atomic mass is 19.1. The summed E-state index contributed by atoms with van der Waals surface area (Å²) in [6.07, 6.45) is 6.41. The van der Waals surface area contributed by atoms with Gasteiger partial charge in [-0.05, 0) is 12.1 Å². The smallest absolute Gasteiger partial charge is 0.142 e. The van der Waals surface area contributed by atoms with Crippen molar-refractivity contribution in [3.05, 3.63) is 42.9 Å². The number of H-pyrrole nitrogens is 1. The molecule has 0 aliphatic rings. The van der Waals surface area contributed by atoms with Crippen LogP contribution in [0, 0.1) is 5.82 Å². The Kier molecular flexibility index (Phi) is 2.14. The molecule has 98 valence electrons. The first-order valence-electron chi connectivity index (χ1n) is 6.12. The second-order valence-electron chi connectivity index (χ2n) is 4.68. The van der Waals surface area contributed by atoms with Crippen LogP contribution in [0.3, 0.4) is 0 Å². The first kappa shape index (κ1) is 11.1. The van der Waals surface area contributed by atoms with E-state index in [0.29, 0.717) is 5.65 Å². The third-order valence-electron chi connectivity index (χ3n) is 3.38. The molecule has 4 aromatic heterocycles. The van der Waals surface area contributed by atoms with Gasteiger partial charge in [0, 0.05) is 17.8 Å². The lowest BCUT2D eigenvalue weighted by molar-refractivity contribution is 0.624. The highest BCUT2D eigenvalue weighted by molar-refractivity contribution is 6.06. The summed E-state index contributed by atoms with van der Waals surface area (Å²) in [5.41, 5.74) is 3.20. The summed E-state index contributed by atoms with van der Waals surface area (Å²) in [4.78, 5) is 15.7. The van der Waals surface area contributed by atoms with Gasteiger partial charge in [-0.3, -0.25) is 4.98 Å². The van der Waals surface area contributed by atoms with E-state index in [-0.39, 0.29) is 5.82 Å². The molecule has 20 heavy (non-hydrogen) atoms. The zero-order chi connectivity index (χ0) is 13.7. The van der Waals surface area contributed by atoms with Crippen molar-refractivity contribution >= 4 is 21.9 Å². The van der Waals surface area contributed by atoms with Gasteiger partial charge in [0.1, 0.15) is 11.5 Å². The number of pyridine rings is 2. The van der Waals surface area contributed by atoms with Crippen LogP contribution in [0.2, 0.25) is 0 Å². The largest absolute Gasteiger partial charge is 0.338 e. The van der Waals surface area contributed by atoms with Gasteiger partial charge in [0.15, 0.2) is 0 Å². The van der Waals surface area contributed by atoms with Crippen molar-refractivity contribution in [1.82, 2.24) is 24.5 Å². The number of fused-ring (bicyclic) bond motifs is 3. The Balaban J connectivity index is 2.05. The molecular weight excluding hydrogens is 257 g/mol. The fraction of sp³-hybridized carbons (Fsp3) is 0.0714. The van der Waals surface area contributed by atoms with E-state index in [2.05, 4.69) is 19.9 Å². The molecule has 0 spiro atoms. The van der Waals surface area contributed by atoms with Crippen molar-refractivity contribution in [3.8, 4) is 11.4 Å².